The number of halogens is 3. The molecular formula is C11H8F3N3O. The Morgan fingerprint density at radius 2 is 2.06 bits per heavy atom. The molecular weight excluding hydrogens is 247 g/mol. The first kappa shape index (κ1) is 12.3. The number of aryl methyl sites for hydroxylation is 1. The molecule has 0 unspecified atom stereocenters. The highest BCUT2D eigenvalue weighted by molar-refractivity contribution is 5.68. The van der Waals surface area contributed by atoms with Crippen molar-refractivity contribution >= 4 is 6.29 Å². The van der Waals surface area contributed by atoms with Crippen LogP contribution in [0, 0.1) is 6.92 Å². The van der Waals surface area contributed by atoms with Gasteiger partial charge in [0.2, 0.25) is 5.82 Å². The highest BCUT2D eigenvalue weighted by atomic mass is 19.4. The molecule has 0 saturated heterocycles. The van der Waals surface area contributed by atoms with E-state index in [-0.39, 0.29) is 11.5 Å². The van der Waals surface area contributed by atoms with Gasteiger partial charge in [-0.2, -0.15) is 13.2 Å². The molecule has 0 amide bonds. The number of alkyl halides is 3. The van der Waals surface area contributed by atoms with Crippen LogP contribution >= 0.6 is 0 Å². The van der Waals surface area contributed by atoms with Gasteiger partial charge in [-0.1, -0.05) is 6.07 Å². The Morgan fingerprint density at radius 1 is 1.33 bits per heavy atom. The van der Waals surface area contributed by atoms with Gasteiger partial charge in [0.25, 0.3) is 0 Å². The first-order chi connectivity index (χ1) is 8.41. The molecule has 0 aliphatic rings. The summed E-state index contributed by atoms with van der Waals surface area (Å²) in [6.45, 7) is 1.56. The lowest BCUT2D eigenvalue weighted by Gasteiger charge is -2.09. The molecule has 0 aliphatic carbocycles. The van der Waals surface area contributed by atoms with E-state index >= 15 is 0 Å². The third-order valence-electron chi connectivity index (χ3n) is 2.31. The van der Waals surface area contributed by atoms with Crippen molar-refractivity contribution in [1.29, 1.82) is 0 Å². The lowest BCUT2D eigenvalue weighted by molar-refractivity contribution is -0.137. The van der Waals surface area contributed by atoms with Crippen LogP contribution in [0.1, 0.15) is 22.0 Å². The number of nitrogens with zero attached hydrogens (tertiary/aromatic N) is 3. The molecule has 1 aromatic carbocycles. The van der Waals surface area contributed by atoms with Crippen molar-refractivity contribution in [3.05, 3.63) is 41.5 Å². The van der Waals surface area contributed by atoms with E-state index in [9.17, 15) is 18.0 Å². The Hall–Kier alpha value is -2.18. The van der Waals surface area contributed by atoms with Crippen LogP contribution in [0.25, 0.3) is 5.69 Å². The first-order valence-corrected chi connectivity index (χ1v) is 4.98. The summed E-state index contributed by atoms with van der Waals surface area (Å²) < 4.78 is 38.9. The molecule has 1 aromatic heterocycles. The number of rotatable bonds is 2. The van der Waals surface area contributed by atoms with E-state index in [1.54, 1.807) is 6.92 Å². The van der Waals surface area contributed by atoms with E-state index < -0.39 is 11.7 Å². The van der Waals surface area contributed by atoms with Crippen LogP contribution in [0.3, 0.4) is 0 Å². The number of carbonyl (C=O) groups excluding carboxylic acids is 1. The van der Waals surface area contributed by atoms with Gasteiger partial charge in [-0.05, 0) is 25.1 Å². The van der Waals surface area contributed by atoms with Crippen LogP contribution in [0.15, 0.2) is 24.3 Å². The van der Waals surface area contributed by atoms with Gasteiger partial charge in [0.15, 0.2) is 6.29 Å². The number of aromatic nitrogens is 3. The van der Waals surface area contributed by atoms with Crippen LogP contribution in [0.5, 0.6) is 0 Å². The van der Waals surface area contributed by atoms with Crippen LogP contribution in [0.4, 0.5) is 13.2 Å². The lowest BCUT2D eigenvalue weighted by atomic mass is 10.2. The molecule has 18 heavy (non-hydrogen) atoms. The molecule has 94 valence electrons. The summed E-state index contributed by atoms with van der Waals surface area (Å²) in [7, 11) is 0. The molecule has 0 radical (unpaired) electrons. The maximum Gasteiger partial charge on any atom is 0.416 e. The minimum Gasteiger partial charge on any atom is -0.294 e. The summed E-state index contributed by atoms with van der Waals surface area (Å²) in [6, 6.07) is 4.66. The molecule has 2 aromatic rings. The van der Waals surface area contributed by atoms with Crippen molar-refractivity contribution in [3.63, 3.8) is 0 Å². The van der Waals surface area contributed by atoms with Crippen LogP contribution < -0.4 is 0 Å². The zero-order valence-corrected chi connectivity index (χ0v) is 9.27. The fourth-order valence-corrected chi connectivity index (χ4v) is 1.52. The second kappa shape index (κ2) is 4.25. The van der Waals surface area contributed by atoms with E-state index in [4.69, 9.17) is 0 Å². The SMILES string of the molecule is Cc1nc(C=O)nn1-c1cccc(C(F)(F)F)c1. The standard InChI is InChI=1S/C11H8F3N3O/c1-7-15-10(6-18)16-17(7)9-4-2-3-8(5-9)11(12,13)14/h2-6H,1H3. The normalized spacial score (nSPS) is 11.6. The summed E-state index contributed by atoms with van der Waals surface area (Å²) in [5.41, 5.74) is -0.564. The second-order valence-corrected chi connectivity index (χ2v) is 3.59. The number of aldehydes is 1. The molecule has 4 nitrogen and oxygen atoms in total. The molecule has 0 spiro atoms. The third-order valence-corrected chi connectivity index (χ3v) is 2.31. The van der Waals surface area contributed by atoms with Crippen LogP contribution in [-0.2, 0) is 6.18 Å². The molecule has 0 fully saturated rings. The largest absolute Gasteiger partial charge is 0.416 e. The highest BCUT2D eigenvalue weighted by Crippen LogP contribution is 2.30. The van der Waals surface area contributed by atoms with Gasteiger partial charge in [0.05, 0.1) is 11.3 Å². The molecule has 1 heterocycles. The third kappa shape index (κ3) is 2.24. The molecule has 2 rings (SSSR count). The zero-order valence-electron chi connectivity index (χ0n) is 9.27. The average molecular weight is 255 g/mol. The van der Waals surface area contributed by atoms with Gasteiger partial charge < -0.3 is 0 Å². The maximum absolute atomic E-state index is 12.6. The summed E-state index contributed by atoms with van der Waals surface area (Å²) >= 11 is 0. The van der Waals surface area contributed by atoms with Gasteiger partial charge in [0, 0.05) is 0 Å². The smallest absolute Gasteiger partial charge is 0.294 e. The molecule has 0 bridgehead atoms. The predicted molar refractivity (Wildman–Crippen MR) is 56.5 cm³/mol. The summed E-state index contributed by atoms with van der Waals surface area (Å²) in [5, 5.41) is 3.79. The Bertz CT molecular complexity index is 589. The second-order valence-electron chi connectivity index (χ2n) is 3.59. The number of benzene rings is 1. The summed E-state index contributed by atoms with van der Waals surface area (Å²) in [4.78, 5) is 14.3. The Morgan fingerprint density at radius 3 is 2.61 bits per heavy atom. The number of hydrogen-bond acceptors (Lipinski definition) is 3. The van der Waals surface area contributed by atoms with E-state index in [0.717, 1.165) is 12.1 Å². The Balaban J connectivity index is 2.51. The van der Waals surface area contributed by atoms with Gasteiger partial charge in [0.1, 0.15) is 5.82 Å². The lowest BCUT2D eigenvalue weighted by Crippen LogP contribution is -2.07. The zero-order chi connectivity index (χ0) is 13.3. The maximum atomic E-state index is 12.6. The fraction of sp³-hybridized carbons (Fsp3) is 0.182. The molecule has 7 heteroatoms. The van der Waals surface area contributed by atoms with Gasteiger partial charge in [-0.3, -0.25) is 4.79 Å². The first-order valence-electron chi connectivity index (χ1n) is 4.98. The van der Waals surface area contributed by atoms with Crippen LogP contribution in [0.2, 0.25) is 0 Å². The van der Waals surface area contributed by atoms with Crippen molar-refractivity contribution < 1.29 is 18.0 Å². The van der Waals surface area contributed by atoms with E-state index in [1.807, 2.05) is 0 Å². The Labute approximate surface area is 100 Å². The summed E-state index contributed by atoms with van der Waals surface area (Å²) in [6.07, 6.45) is -3.98. The summed E-state index contributed by atoms with van der Waals surface area (Å²) in [5.74, 6) is 0.279. The van der Waals surface area contributed by atoms with Crippen molar-refractivity contribution in [2.75, 3.05) is 0 Å². The topological polar surface area (TPSA) is 47.8 Å². The molecule has 0 saturated carbocycles. The monoisotopic (exact) mass is 255 g/mol. The van der Waals surface area contributed by atoms with Gasteiger partial charge >= 0.3 is 6.18 Å². The predicted octanol–water partition coefficient (Wildman–Crippen LogP) is 2.41. The minimum absolute atomic E-state index is 0.0649. The average Bonchev–Trinajstić information content (AvgIpc) is 2.70. The van der Waals surface area contributed by atoms with Crippen molar-refractivity contribution in [3.8, 4) is 5.69 Å². The van der Waals surface area contributed by atoms with Crippen LogP contribution in [-0.4, -0.2) is 21.1 Å². The van der Waals surface area contributed by atoms with E-state index in [1.165, 1.54) is 16.8 Å². The molecule has 0 N–H and O–H groups in total. The van der Waals surface area contributed by atoms with E-state index in [2.05, 4.69) is 10.1 Å². The molecule has 0 aliphatic heterocycles. The van der Waals surface area contributed by atoms with E-state index in [0.29, 0.717) is 12.1 Å². The van der Waals surface area contributed by atoms with Crippen molar-refractivity contribution in [2.24, 2.45) is 0 Å². The van der Waals surface area contributed by atoms with Gasteiger partial charge in [-0.25, -0.2) is 9.67 Å². The fourth-order valence-electron chi connectivity index (χ4n) is 1.52. The van der Waals surface area contributed by atoms with Gasteiger partial charge in [-0.15, -0.1) is 5.10 Å². The van der Waals surface area contributed by atoms with Crippen molar-refractivity contribution in [2.45, 2.75) is 13.1 Å². The highest BCUT2D eigenvalue weighted by Gasteiger charge is 2.30. The minimum atomic E-state index is -4.42. The Kier molecular flexibility index (Phi) is 2.90. The quantitative estimate of drug-likeness (QED) is 0.774. The number of hydrogen-bond donors (Lipinski definition) is 0. The van der Waals surface area contributed by atoms with Crippen molar-refractivity contribution in [1.82, 2.24) is 14.8 Å². The number of carbonyl (C=O) groups is 1. The molecule has 0 atom stereocenters.